The molecule has 0 aliphatic carbocycles. The van der Waals surface area contributed by atoms with Crippen LogP contribution < -0.4 is 5.32 Å². The highest BCUT2D eigenvalue weighted by atomic mass is 32.1. The topological polar surface area (TPSA) is 18.5 Å². The molecule has 1 aromatic rings. The Morgan fingerprint density at radius 3 is 2.85 bits per heavy atom. The van der Waals surface area contributed by atoms with E-state index in [0.717, 1.165) is 6.54 Å². The van der Waals surface area contributed by atoms with Crippen molar-refractivity contribution in [3.63, 3.8) is 0 Å². The van der Waals surface area contributed by atoms with E-state index in [9.17, 15) is 0 Å². The zero-order chi connectivity index (χ0) is 14.5. The second-order valence-electron chi connectivity index (χ2n) is 6.13. The maximum Gasteiger partial charge on any atom is 0.0343 e. The van der Waals surface area contributed by atoms with Crippen LogP contribution in [-0.2, 0) is 0 Å². The van der Waals surface area contributed by atoms with E-state index >= 15 is 0 Å². The van der Waals surface area contributed by atoms with Crippen LogP contribution in [0.1, 0.15) is 36.2 Å². The minimum Gasteiger partial charge on any atom is -0.310 e. The van der Waals surface area contributed by atoms with Crippen molar-refractivity contribution >= 4 is 11.3 Å². The first-order chi connectivity index (χ1) is 9.60. The van der Waals surface area contributed by atoms with Gasteiger partial charge in [0.05, 0.1) is 0 Å². The number of aryl methyl sites for hydroxylation is 1. The lowest BCUT2D eigenvalue weighted by molar-refractivity contribution is 0.101. The van der Waals surface area contributed by atoms with E-state index < -0.39 is 0 Å². The number of hydrogen-bond acceptors (Lipinski definition) is 4. The third-order valence-corrected chi connectivity index (χ3v) is 5.16. The van der Waals surface area contributed by atoms with Crippen molar-refractivity contribution in [2.24, 2.45) is 0 Å². The number of thiophene rings is 1. The first-order valence-electron chi connectivity index (χ1n) is 7.77. The van der Waals surface area contributed by atoms with Gasteiger partial charge in [0.2, 0.25) is 0 Å². The number of piperazine rings is 1. The fourth-order valence-electron chi connectivity index (χ4n) is 2.93. The molecule has 3 nitrogen and oxygen atoms in total. The number of nitrogens with zero attached hydrogens (tertiary/aromatic N) is 2. The Balaban J connectivity index is 2.02. The monoisotopic (exact) mass is 295 g/mol. The van der Waals surface area contributed by atoms with Crippen LogP contribution in [0, 0.1) is 6.92 Å². The Labute approximate surface area is 128 Å². The fourth-order valence-corrected chi connectivity index (χ4v) is 3.69. The molecule has 1 aliphatic rings. The van der Waals surface area contributed by atoms with Crippen LogP contribution in [0.3, 0.4) is 0 Å². The molecule has 20 heavy (non-hydrogen) atoms. The number of likely N-dealkylation sites (N-methyl/N-ethyl adjacent to an activating group) is 2. The van der Waals surface area contributed by atoms with Gasteiger partial charge in [-0.25, -0.2) is 0 Å². The first kappa shape index (κ1) is 16.0. The van der Waals surface area contributed by atoms with Gasteiger partial charge in [-0.05, 0) is 57.4 Å². The highest BCUT2D eigenvalue weighted by Gasteiger charge is 2.26. The maximum atomic E-state index is 3.74. The normalized spacial score (nSPS) is 23.1. The van der Waals surface area contributed by atoms with Crippen LogP contribution in [0.25, 0.3) is 0 Å². The van der Waals surface area contributed by atoms with E-state index in [0.29, 0.717) is 12.1 Å². The van der Waals surface area contributed by atoms with Crippen LogP contribution in [0.4, 0.5) is 0 Å². The van der Waals surface area contributed by atoms with E-state index in [4.69, 9.17) is 0 Å². The van der Waals surface area contributed by atoms with Crippen LogP contribution in [0.15, 0.2) is 11.4 Å². The molecule has 2 rings (SSSR count). The van der Waals surface area contributed by atoms with Crippen molar-refractivity contribution in [3.8, 4) is 0 Å². The molecule has 0 radical (unpaired) electrons. The second kappa shape index (κ2) is 7.55. The highest BCUT2D eigenvalue weighted by molar-refractivity contribution is 7.10. The summed E-state index contributed by atoms with van der Waals surface area (Å²) in [5, 5.41) is 6.07. The summed E-state index contributed by atoms with van der Waals surface area (Å²) >= 11 is 1.87. The smallest absolute Gasteiger partial charge is 0.0343 e. The van der Waals surface area contributed by atoms with E-state index in [1.54, 1.807) is 0 Å². The zero-order valence-corrected chi connectivity index (χ0v) is 14.2. The molecule has 2 atom stereocenters. The summed E-state index contributed by atoms with van der Waals surface area (Å²) < 4.78 is 0. The average molecular weight is 295 g/mol. The Morgan fingerprint density at radius 1 is 1.40 bits per heavy atom. The molecule has 2 heterocycles. The van der Waals surface area contributed by atoms with Crippen molar-refractivity contribution in [2.75, 3.05) is 40.3 Å². The first-order valence-corrected chi connectivity index (χ1v) is 8.65. The predicted octanol–water partition coefficient (Wildman–Crippen LogP) is 2.73. The molecular formula is C16H29N3S. The van der Waals surface area contributed by atoms with Crippen molar-refractivity contribution in [3.05, 3.63) is 21.9 Å². The van der Waals surface area contributed by atoms with E-state index in [1.807, 2.05) is 11.3 Å². The van der Waals surface area contributed by atoms with E-state index in [1.165, 1.54) is 42.9 Å². The summed E-state index contributed by atoms with van der Waals surface area (Å²) in [4.78, 5) is 6.40. The summed E-state index contributed by atoms with van der Waals surface area (Å²) in [6.45, 7) is 9.10. The summed E-state index contributed by atoms with van der Waals surface area (Å²) in [7, 11) is 4.51. The van der Waals surface area contributed by atoms with Gasteiger partial charge in [-0.3, -0.25) is 0 Å². The third kappa shape index (κ3) is 4.29. The lowest BCUT2D eigenvalue weighted by atomic mass is 9.98. The van der Waals surface area contributed by atoms with Crippen molar-refractivity contribution < 1.29 is 0 Å². The van der Waals surface area contributed by atoms with Crippen LogP contribution >= 0.6 is 11.3 Å². The third-order valence-electron chi connectivity index (χ3n) is 4.28. The molecular weight excluding hydrogens is 266 g/mol. The Kier molecular flexibility index (Phi) is 6.02. The Bertz CT molecular complexity index is 404. The molecule has 114 valence electrons. The zero-order valence-electron chi connectivity index (χ0n) is 13.4. The molecule has 4 heteroatoms. The molecule has 1 fully saturated rings. The van der Waals surface area contributed by atoms with Gasteiger partial charge >= 0.3 is 0 Å². The van der Waals surface area contributed by atoms with Crippen molar-refractivity contribution in [1.29, 1.82) is 0 Å². The minimum absolute atomic E-state index is 0.499. The standard InChI is InChI=1S/C16H29N3S/c1-5-6-17-16(14-9-13(2)20-12-14)10-15-11-18(3)7-8-19(15)4/h9,12,15-17H,5-8,10-11H2,1-4H3. The Hall–Kier alpha value is -0.420. The quantitative estimate of drug-likeness (QED) is 0.870. The van der Waals surface area contributed by atoms with Crippen LogP contribution in [-0.4, -0.2) is 56.1 Å². The molecule has 2 unspecified atom stereocenters. The van der Waals surface area contributed by atoms with E-state index in [2.05, 4.69) is 54.5 Å². The number of rotatable bonds is 6. The average Bonchev–Trinajstić information content (AvgIpc) is 2.85. The predicted molar refractivity (Wildman–Crippen MR) is 88.6 cm³/mol. The van der Waals surface area contributed by atoms with Gasteiger partial charge in [-0.15, -0.1) is 11.3 Å². The molecule has 1 aromatic heterocycles. The Morgan fingerprint density at radius 2 is 2.20 bits per heavy atom. The maximum absolute atomic E-state index is 3.74. The molecule has 1 N–H and O–H groups in total. The molecule has 0 spiro atoms. The summed E-state index contributed by atoms with van der Waals surface area (Å²) in [6.07, 6.45) is 2.40. The van der Waals surface area contributed by atoms with Gasteiger partial charge in [0.15, 0.2) is 0 Å². The molecule has 1 aliphatic heterocycles. The lowest BCUT2D eigenvalue weighted by Crippen LogP contribution is -2.51. The molecule has 0 bridgehead atoms. The van der Waals surface area contributed by atoms with Gasteiger partial charge < -0.3 is 15.1 Å². The molecule has 1 saturated heterocycles. The fraction of sp³-hybridized carbons (Fsp3) is 0.750. The van der Waals surface area contributed by atoms with E-state index in [-0.39, 0.29) is 0 Å². The molecule has 0 saturated carbocycles. The van der Waals surface area contributed by atoms with Gasteiger partial charge in [0.1, 0.15) is 0 Å². The minimum atomic E-state index is 0.499. The summed E-state index contributed by atoms with van der Waals surface area (Å²) in [6, 6.07) is 3.51. The number of hydrogen-bond donors (Lipinski definition) is 1. The molecule has 0 amide bonds. The van der Waals surface area contributed by atoms with Gasteiger partial charge in [0, 0.05) is 36.6 Å². The second-order valence-corrected chi connectivity index (χ2v) is 7.25. The van der Waals surface area contributed by atoms with Crippen LogP contribution in [0.5, 0.6) is 0 Å². The lowest BCUT2D eigenvalue weighted by Gasteiger charge is -2.39. The number of nitrogens with one attached hydrogen (secondary N) is 1. The van der Waals surface area contributed by atoms with Crippen molar-refractivity contribution in [2.45, 2.75) is 38.8 Å². The van der Waals surface area contributed by atoms with Gasteiger partial charge in [0.25, 0.3) is 0 Å². The van der Waals surface area contributed by atoms with Gasteiger partial charge in [-0.1, -0.05) is 6.92 Å². The highest BCUT2D eigenvalue weighted by Crippen LogP contribution is 2.26. The van der Waals surface area contributed by atoms with Crippen LogP contribution in [0.2, 0.25) is 0 Å². The summed E-state index contributed by atoms with van der Waals surface area (Å²) in [5.74, 6) is 0. The summed E-state index contributed by atoms with van der Waals surface area (Å²) in [5.41, 5.74) is 1.47. The largest absolute Gasteiger partial charge is 0.310 e. The molecule has 0 aromatic carbocycles. The van der Waals surface area contributed by atoms with Crippen molar-refractivity contribution in [1.82, 2.24) is 15.1 Å². The van der Waals surface area contributed by atoms with Gasteiger partial charge in [-0.2, -0.15) is 0 Å². The SMILES string of the molecule is CCCNC(CC1CN(C)CCN1C)c1csc(C)c1.